The fourth-order valence-corrected chi connectivity index (χ4v) is 3.11. The summed E-state index contributed by atoms with van der Waals surface area (Å²) in [5, 5.41) is 3.61. The van der Waals surface area contributed by atoms with E-state index < -0.39 is 23.6 Å². The predicted molar refractivity (Wildman–Crippen MR) is 89.7 cm³/mol. The van der Waals surface area contributed by atoms with Crippen molar-refractivity contribution in [3.63, 3.8) is 0 Å². The molecular formula is C16H11ClF2N2O2S. The van der Waals surface area contributed by atoms with Crippen molar-refractivity contribution in [2.75, 3.05) is 5.32 Å². The fraction of sp³-hybridized carbons (Fsp3) is 0.125. The van der Waals surface area contributed by atoms with Crippen LogP contribution in [0.2, 0.25) is 5.02 Å². The van der Waals surface area contributed by atoms with E-state index in [0.717, 1.165) is 16.8 Å². The zero-order valence-electron chi connectivity index (χ0n) is 12.3. The Bertz CT molecular complexity index is 916. The van der Waals surface area contributed by atoms with Gasteiger partial charge >= 0.3 is 0 Å². The van der Waals surface area contributed by atoms with Crippen LogP contribution in [0.15, 0.2) is 36.4 Å². The Morgan fingerprint density at radius 3 is 2.79 bits per heavy atom. The maximum absolute atomic E-state index is 13.2. The van der Waals surface area contributed by atoms with Crippen molar-refractivity contribution in [3.8, 4) is 5.75 Å². The number of hydrogen-bond donors (Lipinski definition) is 1. The average Bonchev–Trinajstić information content (AvgIpc) is 2.92. The molecule has 1 amide bonds. The van der Waals surface area contributed by atoms with Crippen LogP contribution in [0, 0.1) is 11.6 Å². The number of carbonyl (C=O) groups is 1. The van der Waals surface area contributed by atoms with Gasteiger partial charge in [-0.15, -0.1) is 0 Å². The lowest BCUT2D eigenvalue weighted by molar-refractivity contribution is -0.122. The average molecular weight is 369 g/mol. The summed E-state index contributed by atoms with van der Waals surface area (Å²) in [5.74, 6) is -2.41. The van der Waals surface area contributed by atoms with E-state index in [-0.39, 0.29) is 5.75 Å². The molecule has 1 atom stereocenters. The Morgan fingerprint density at radius 1 is 1.25 bits per heavy atom. The van der Waals surface area contributed by atoms with Gasteiger partial charge in [-0.2, -0.15) is 0 Å². The number of aromatic nitrogens is 1. The second-order valence-electron chi connectivity index (χ2n) is 4.96. The molecule has 0 fully saturated rings. The van der Waals surface area contributed by atoms with Crippen molar-refractivity contribution in [3.05, 3.63) is 53.1 Å². The Hall–Kier alpha value is -2.25. The molecule has 3 aromatic rings. The van der Waals surface area contributed by atoms with E-state index in [9.17, 15) is 13.6 Å². The fourth-order valence-electron chi connectivity index (χ4n) is 1.97. The monoisotopic (exact) mass is 368 g/mol. The first-order chi connectivity index (χ1) is 11.4. The molecule has 0 bridgehead atoms. The minimum atomic E-state index is -1.04. The van der Waals surface area contributed by atoms with Crippen LogP contribution >= 0.6 is 22.9 Å². The largest absolute Gasteiger partial charge is 0.481 e. The van der Waals surface area contributed by atoms with Crippen molar-refractivity contribution in [1.82, 2.24) is 4.98 Å². The number of nitrogens with one attached hydrogen (secondary N) is 1. The highest BCUT2D eigenvalue weighted by Crippen LogP contribution is 2.28. The van der Waals surface area contributed by atoms with E-state index in [1.807, 2.05) is 0 Å². The molecule has 0 aliphatic heterocycles. The topological polar surface area (TPSA) is 51.2 Å². The smallest absolute Gasteiger partial charge is 0.266 e. The predicted octanol–water partition coefficient (Wildman–Crippen LogP) is 4.63. The third-order valence-electron chi connectivity index (χ3n) is 3.15. The van der Waals surface area contributed by atoms with Gasteiger partial charge in [0, 0.05) is 11.1 Å². The van der Waals surface area contributed by atoms with Gasteiger partial charge in [-0.05, 0) is 37.3 Å². The number of benzene rings is 2. The zero-order valence-corrected chi connectivity index (χ0v) is 13.9. The molecule has 2 aromatic carbocycles. The molecule has 0 aliphatic rings. The number of thiazole rings is 1. The van der Waals surface area contributed by atoms with Crippen LogP contribution in [0.1, 0.15) is 6.92 Å². The van der Waals surface area contributed by atoms with Gasteiger partial charge in [-0.3, -0.25) is 10.1 Å². The first kappa shape index (κ1) is 16.6. The second-order valence-corrected chi connectivity index (χ2v) is 6.42. The highest BCUT2D eigenvalue weighted by atomic mass is 35.5. The number of hydrogen-bond acceptors (Lipinski definition) is 4. The van der Waals surface area contributed by atoms with E-state index in [1.165, 1.54) is 24.3 Å². The molecule has 1 unspecified atom stereocenters. The molecule has 0 saturated carbocycles. The van der Waals surface area contributed by atoms with Crippen LogP contribution in [-0.2, 0) is 4.79 Å². The Kier molecular flexibility index (Phi) is 4.64. The van der Waals surface area contributed by atoms with Gasteiger partial charge in [-0.1, -0.05) is 22.9 Å². The standard InChI is InChI=1S/C16H11ClF2N2O2S/c1-8(23-10-3-4-11(18)12(19)7-10)15(22)21-16-20-13-5-2-9(17)6-14(13)24-16/h2-8H,1H3,(H,20,21,22). The number of rotatable bonds is 4. The first-order valence-corrected chi connectivity index (χ1v) is 8.10. The number of anilines is 1. The minimum Gasteiger partial charge on any atom is -0.481 e. The number of ether oxygens (including phenoxy) is 1. The van der Waals surface area contributed by atoms with Crippen molar-refractivity contribution in [2.45, 2.75) is 13.0 Å². The molecule has 0 spiro atoms. The lowest BCUT2D eigenvalue weighted by Gasteiger charge is -2.13. The zero-order chi connectivity index (χ0) is 17.3. The molecule has 1 aromatic heterocycles. The Balaban J connectivity index is 1.69. The van der Waals surface area contributed by atoms with Crippen molar-refractivity contribution in [2.24, 2.45) is 0 Å². The molecule has 4 nitrogen and oxygen atoms in total. The molecule has 124 valence electrons. The summed E-state index contributed by atoms with van der Waals surface area (Å²) in [5.41, 5.74) is 0.717. The van der Waals surface area contributed by atoms with Gasteiger partial charge in [0.25, 0.3) is 5.91 Å². The molecule has 0 aliphatic carbocycles. The van der Waals surface area contributed by atoms with Gasteiger partial charge in [0.1, 0.15) is 5.75 Å². The van der Waals surface area contributed by atoms with E-state index in [1.54, 1.807) is 18.2 Å². The molecule has 8 heteroatoms. The normalized spacial score (nSPS) is 12.2. The molecule has 0 radical (unpaired) electrons. The van der Waals surface area contributed by atoms with E-state index in [2.05, 4.69) is 10.3 Å². The van der Waals surface area contributed by atoms with Crippen molar-refractivity contribution < 1.29 is 18.3 Å². The van der Waals surface area contributed by atoms with Gasteiger partial charge in [0.2, 0.25) is 0 Å². The summed E-state index contributed by atoms with van der Waals surface area (Å²) in [6.45, 7) is 1.50. The molecular weight excluding hydrogens is 358 g/mol. The summed E-state index contributed by atoms with van der Waals surface area (Å²) in [7, 11) is 0. The van der Waals surface area contributed by atoms with Crippen LogP contribution in [0.3, 0.4) is 0 Å². The summed E-state index contributed by atoms with van der Waals surface area (Å²) in [4.78, 5) is 16.4. The molecule has 1 N–H and O–H groups in total. The number of amides is 1. The van der Waals surface area contributed by atoms with Crippen LogP contribution in [0.25, 0.3) is 10.2 Å². The van der Waals surface area contributed by atoms with E-state index in [0.29, 0.717) is 15.7 Å². The number of fused-ring (bicyclic) bond motifs is 1. The summed E-state index contributed by atoms with van der Waals surface area (Å²) in [6, 6.07) is 8.30. The Morgan fingerprint density at radius 2 is 2.04 bits per heavy atom. The van der Waals surface area contributed by atoms with E-state index >= 15 is 0 Å². The van der Waals surface area contributed by atoms with Crippen LogP contribution in [-0.4, -0.2) is 17.0 Å². The van der Waals surface area contributed by atoms with Crippen LogP contribution in [0.4, 0.5) is 13.9 Å². The molecule has 0 saturated heterocycles. The maximum Gasteiger partial charge on any atom is 0.266 e. The molecule has 1 heterocycles. The minimum absolute atomic E-state index is 0.0626. The first-order valence-electron chi connectivity index (χ1n) is 6.91. The highest BCUT2D eigenvalue weighted by Gasteiger charge is 2.17. The summed E-state index contributed by atoms with van der Waals surface area (Å²) >= 11 is 7.19. The number of halogens is 3. The third-order valence-corrected chi connectivity index (χ3v) is 4.32. The van der Waals surface area contributed by atoms with Crippen LogP contribution in [0.5, 0.6) is 5.75 Å². The lowest BCUT2D eigenvalue weighted by atomic mass is 10.3. The van der Waals surface area contributed by atoms with Gasteiger partial charge in [0.05, 0.1) is 10.2 Å². The number of nitrogens with zero attached hydrogens (tertiary/aromatic N) is 1. The van der Waals surface area contributed by atoms with Gasteiger partial charge in [0.15, 0.2) is 22.9 Å². The van der Waals surface area contributed by atoms with Crippen molar-refractivity contribution in [1.29, 1.82) is 0 Å². The van der Waals surface area contributed by atoms with Crippen molar-refractivity contribution >= 4 is 44.2 Å². The lowest BCUT2D eigenvalue weighted by Crippen LogP contribution is -2.30. The van der Waals surface area contributed by atoms with Gasteiger partial charge in [-0.25, -0.2) is 13.8 Å². The Labute approximate surface area is 145 Å². The quantitative estimate of drug-likeness (QED) is 0.730. The van der Waals surface area contributed by atoms with Crippen LogP contribution < -0.4 is 10.1 Å². The molecule has 24 heavy (non-hydrogen) atoms. The number of carbonyl (C=O) groups excluding carboxylic acids is 1. The SMILES string of the molecule is CC(Oc1ccc(F)c(F)c1)C(=O)Nc1nc2ccc(Cl)cc2s1. The summed E-state index contributed by atoms with van der Waals surface area (Å²) < 4.78 is 32.2. The third kappa shape index (κ3) is 3.63. The summed E-state index contributed by atoms with van der Waals surface area (Å²) in [6.07, 6.45) is -0.912. The second kappa shape index (κ2) is 6.70. The highest BCUT2D eigenvalue weighted by molar-refractivity contribution is 7.22. The van der Waals surface area contributed by atoms with Gasteiger partial charge < -0.3 is 4.74 Å². The maximum atomic E-state index is 13.2. The molecule has 3 rings (SSSR count). The van der Waals surface area contributed by atoms with E-state index in [4.69, 9.17) is 16.3 Å².